The molecule has 1 atom stereocenters. The number of alkyl halides is 3. The average molecular weight is 469 g/mol. The van der Waals surface area contributed by atoms with Crippen LogP contribution in [0.4, 0.5) is 18.9 Å². The zero-order chi connectivity index (χ0) is 24.4. The smallest absolute Gasteiger partial charge is 0.416 e. The zero-order valence-electron chi connectivity index (χ0n) is 17.0. The van der Waals surface area contributed by atoms with Crippen LogP contribution in [0, 0.1) is 32.8 Å². The molecule has 32 heavy (non-hydrogen) atoms. The molecule has 0 aliphatic carbocycles. The molecule has 0 aromatic heterocycles. The second-order valence-corrected chi connectivity index (χ2v) is 8.13. The van der Waals surface area contributed by atoms with Gasteiger partial charge in [0.25, 0.3) is 5.69 Å². The summed E-state index contributed by atoms with van der Waals surface area (Å²) < 4.78 is 43.6. The normalized spacial score (nSPS) is 12.6. The second-order valence-electron chi connectivity index (χ2n) is 7.72. The molecule has 0 aliphatic rings. The Labute approximate surface area is 185 Å². The summed E-state index contributed by atoms with van der Waals surface area (Å²) in [5.74, 6) is -3.88. The fraction of sp³-hybridized carbons (Fsp3) is 0.286. The van der Waals surface area contributed by atoms with Crippen molar-refractivity contribution in [1.29, 1.82) is 5.26 Å². The van der Waals surface area contributed by atoms with Gasteiger partial charge in [-0.3, -0.25) is 19.7 Å². The average Bonchev–Trinajstić information content (AvgIpc) is 2.68. The summed E-state index contributed by atoms with van der Waals surface area (Å²) in [6.45, 7) is 4.52. The number of hydrogen-bond donors (Lipinski definition) is 0. The van der Waals surface area contributed by atoms with Crippen LogP contribution in [0.1, 0.15) is 36.7 Å². The van der Waals surface area contributed by atoms with E-state index in [4.69, 9.17) is 16.3 Å². The molecule has 0 saturated heterocycles. The Morgan fingerprint density at radius 3 is 2.25 bits per heavy atom. The summed E-state index contributed by atoms with van der Waals surface area (Å²) in [5, 5.41) is 20.4. The number of nitro groups is 1. The van der Waals surface area contributed by atoms with Crippen molar-refractivity contribution in [1.82, 2.24) is 0 Å². The standard InChI is InChI=1S/C21H16ClF3N2O5/c1-20(2,3)19(29)14(10-26)18(28)13-6-5-12(9-16(13)27(30)31)32-17-7-4-11(8-15(17)22)21(23,24)25/h4-9,14H,1-3H3. The quantitative estimate of drug-likeness (QED) is 0.222. The van der Waals surface area contributed by atoms with Crippen LogP contribution in [-0.2, 0) is 11.0 Å². The van der Waals surface area contributed by atoms with E-state index in [1.165, 1.54) is 20.8 Å². The predicted molar refractivity (Wildman–Crippen MR) is 108 cm³/mol. The minimum atomic E-state index is -4.62. The van der Waals surface area contributed by atoms with E-state index in [0.29, 0.717) is 6.07 Å². The Morgan fingerprint density at radius 1 is 1.16 bits per heavy atom. The number of halogens is 4. The van der Waals surface area contributed by atoms with Crippen molar-refractivity contribution >= 4 is 28.9 Å². The number of carbonyl (C=O) groups excluding carboxylic acids is 2. The van der Waals surface area contributed by atoms with E-state index in [-0.39, 0.29) is 16.5 Å². The van der Waals surface area contributed by atoms with Crippen LogP contribution in [-0.4, -0.2) is 16.5 Å². The molecule has 0 saturated carbocycles. The number of nitro benzene ring substituents is 1. The molecule has 0 N–H and O–H groups in total. The molecule has 0 aliphatic heterocycles. The second kappa shape index (κ2) is 8.96. The van der Waals surface area contributed by atoms with Crippen LogP contribution in [0.25, 0.3) is 0 Å². The number of rotatable bonds is 6. The van der Waals surface area contributed by atoms with Gasteiger partial charge in [-0.25, -0.2) is 0 Å². The third-order valence-electron chi connectivity index (χ3n) is 4.31. The fourth-order valence-corrected chi connectivity index (χ4v) is 2.87. The maximum atomic E-state index is 12.8. The largest absolute Gasteiger partial charge is 0.456 e. The SMILES string of the molecule is CC(C)(C)C(=O)C(C#N)C(=O)c1ccc(Oc2ccc(C(F)(F)F)cc2Cl)cc1[N+](=O)[O-]. The Bertz CT molecular complexity index is 1130. The van der Waals surface area contributed by atoms with Crippen LogP contribution in [0.3, 0.4) is 0 Å². The summed E-state index contributed by atoms with van der Waals surface area (Å²) in [7, 11) is 0. The lowest BCUT2D eigenvalue weighted by molar-refractivity contribution is -0.385. The van der Waals surface area contributed by atoms with Crippen LogP contribution >= 0.6 is 11.6 Å². The molecule has 2 rings (SSSR count). The summed E-state index contributed by atoms with van der Waals surface area (Å²) in [4.78, 5) is 35.7. The van der Waals surface area contributed by atoms with Gasteiger partial charge in [-0.1, -0.05) is 32.4 Å². The highest BCUT2D eigenvalue weighted by Gasteiger charge is 2.38. The summed E-state index contributed by atoms with van der Waals surface area (Å²) >= 11 is 5.82. The van der Waals surface area contributed by atoms with Crippen molar-refractivity contribution in [3.8, 4) is 17.6 Å². The fourth-order valence-electron chi connectivity index (χ4n) is 2.65. The predicted octanol–water partition coefficient (Wildman–Crippen LogP) is 6.00. The highest BCUT2D eigenvalue weighted by molar-refractivity contribution is 6.32. The highest BCUT2D eigenvalue weighted by Crippen LogP contribution is 2.37. The molecule has 11 heteroatoms. The number of ketones is 2. The molecule has 0 heterocycles. The van der Waals surface area contributed by atoms with E-state index in [9.17, 15) is 38.1 Å². The zero-order valence-corrected chi connectivity index (χ0v) is 17.7. The lowest BCUT2D eigenvalue weighted by atomic mass is 9.80. The number of nitrogens with zero attached hydrogens (tertiary/aromatic N) is 2. The van der Waals surface area contributed by atoms with Gasteiger partial charge in [0.05, 0.1) is 33.2 Å². The Hall–Kier alpha value is -3.45. The van der Waals surface area contributed by atoms with E-state index in [2.05, 4.69) is 0 Å². The number of benzene rings is 2. The van der Waals surface area contributed by atoms with Crippen LogP contribution in [0.2, 0.25) is 5.02 Å². The van der Waals surface area contributed by atoms with E-state index < -0.39 is 50.8 Å². The Kier molecular flexibility index (Phi) is 6.95. The van der Waals surface area contributed by atoms with Crippen molar-refractivity contribution in [3.05, 3.63) is 62.7 Å². The monoisotopic (exact) mass is 468 g/mol. The van der Waals surface area contributed by atoms with Gasteiger partial charge in [0.2, 0.25) is 0 Å². The molecule has 0 spiro atoms. The number of carbonyl (C=O) groups is 2. The molecular weight excluding hydrogens is 453 g/mol. The van der Waals surface area contributed by atoms with Gasteiger partial charge in [0.15, 0.2) is 17.5 Å². The molecule has 0 radical (unpaired) electrons. The summed E-state index contributed by atoms with van der Waals surface area (Å²) in [6.07, 6.45) is -4.62. The maximum Gasteiger partial charge on any atom is 0.416 e. The van der Waals surface area contributed by atoms with Crippen LogP contribution < -0.4 is 4.74 Å². The first-order valence-electron chi connectivity index (χ1n) is 8.98. The lowest BCUT2D eigenvalue weighted by Gasteiger charge is -2.19. The Morgan fingerprint density at radius 2 is 1.78 bits per heavy atom. The van der Waals surface area contributed by atoms with Gasteiger partial charge >= 0.3 is 6.18 Å². The molecule has 1 unspecified atom stereocenters. The van der Waals surface area contributed by atoms with E-state index in [1.54, 1.807) is 6.07 Å². The van der Waals surface area contributed by atoms with Crippen molar-refractivity contribution in [3.63, 3.8) is 0 Å². The molecule has 168 valence electrons. The van der Waals surface area contributed by atoms with E-state index in [0.717, 1.165) is 30.3 Å². The molecule has 0 bridgehead atoms. The summed E-state index contributed by atoms with van der Waals surface area (Å²) in [5.41, 5.74) is -3.26. The minimum absolute atomic E-state index is 0.189. The number of hydrogen-bond acceptors (Lipinski definition) is 6. The Balaban J connectivity index is 2.43. The molecule has 0 fully saturated rings. The van der Waals surface area contributed by atoms with Crippen molar-refractivity contribution < 1.29 is 32.4 Å². The van der Waals surface area contributed by atoms with Gasteiger partial charge in [0, 0.05) is 5.41 Å². The number of ether oxygens (including phenoxy) is 1. The first-order valence-corrected chi connectivity index (χ1v) is 9.35. The van der Waals surface area contributed by atoms with Gasteiger partial charge in [-0.15, -0.1) is 0 Å². The molecule has 0 amide bonds. The van der Waals surface area contributed by atoms with Crippen LogP contribution in [0.15, 0.2) is 36.4 Å². The summed E-state index contributed by atoms with van der Waals surface area (Å²) in [6, 6.07) is 6.91. The molecule has 2 aromatic carbocycles. The minimum Gasteiger partial charge on any atom is -0.456 e. The van der Waals surface area contributed by atoms with Crippen molar-refractivity contribution in [2.45, 2.75) is 26.9 Å². The number of Topliss-reactive ketones (excluding diaryl/α,β-unsaturated/α-hetero) is 2. The van der Waals surface area contributed by atoms with E-state index in [1.807, 2.05) is 0 Å². The molecular formula is C21H16ClF3N2O5. The van der Waals surface area contributed by atoms with Crippen LogP contribution in [0.5, 0.6) is 11.5 Å². The van der Waals surface area contributed by atoms with Crippen molar-refractivity contribution in [2.75, 3.05) is 0 Å². The van der Waals surface area contributed by atoms with E-state index >= 15 is 0 Å². The van der Waals surface area contributed by atoms with Gasteiger partial charge in [-0.05, 0) is 30.3 Å². The molecule has 7 nitrogen and oxygen atoms in total. The maximum absolute atomic E-state index is 12.8. The van der Waals surface area contributed by atoms with Crippen molar-refractivity contribution in [2.24, 2.45) is 11.3 Å². The molecule has 2 aromatic rings. The van der Waals surface area contributed by atoms with Gasteiger partial charge in [-0.2, -0.15) is 18.4 Å². The first-order chi connectivity index (χ1) is 14.7. The highest BCUT2D eigenvalue weighted by atomic mass is 35.5. The third-order valence-corrected chi connectivity index (χ3v) is 4.61. The van der Waals surface area contributed by atoms with Gasteiger partial charge < -0.3 is 4.74 Å². The topological polar surface area (TPSA) is 110 Å². The third kappa shape index (κ3) is 5.42. The first kappa shape index (κ1) is 24.8. The number of nitriles is 1. The lowest BCUT2D eigenvalue weighted by Crippen LogP contribution is -2.33. The van der Waals surface area contributed by atoms with Gasteiger partial charge in [0.1, 0.15) is 11.5 Å².